The summed E-state index contributed by atoms with van der Waals surface area (Å²) >= 11 is 0. The first-order valence-electron chi connectivity index (χ1n) is 8.14. The number of aliphatic carboxylic acids is 1. The third kappa shape index (κ3) is 10.2. The van der Waals surface area contributed by atoms with Crippen molar-refractivity contribution in [3.05, 3.63) is 0 Å². The van der Waals surface area contributed by atoms with Crippen LogP contribution in [0.15, 0.2) is 0 Å². The molecule has 0 saturated heterocycles. The SMILES string of the molecule is CC(C)CC(NC(=O)C(CCC(N)=O)NC(=O)CN)C(=O)NCC(=O)O. The third-order valence-corrected chi connectivity index (χ3v) is 3.27. The van der Waals surface area contributed by atoms with Gasteiger partial charge in [-0.2, -0.15) is 0 Å². The molecule has 26 heavy (non-hydrogen) atoms. The number of rotatable bonds is 12. The van der Waals surface area contributed by atoms with Gasteiger partial charge in [0.15, 0.2) is 0 Å². The summed E-state index contributed by atoms with van der Waals surface area (Å²) < 4.78 is 0. The van der Waals surface area contributed by atoms with Crippen molar-refractivity contribution in [1.29, 1.82) is 0 Å². The van der Waals surface area contributed by atoms with E-state index in [1.807, 2.05) is 13.8 Å². The van der Waals surface area contributed by atoms with Gasteiger partial charge in [-0.05, 0) is 18.8 Å². The van der Waals surface area contributed by atoms with Crippen molar-refractivity contribution in [3.63, 3.8) is 0 Å². The number of hydrogen-bond donors (Lipinski definition) is 6. The van der Waals surface area contributed by atoms with Crippen molar-refractivity contribution in [2.24, 2.45) is 17.4 Å². The second kappa shape index (κ2) is 11.8. The Bertz CT molecular complexity index is 537. The Morgan fingerprint density at radius 1 is 1.00 bits per heavy atom. The normalized spacial score (nSPS) is 12.8. The first-order valence-corrected chi connectivity index (χ1v) is 8.14. The Hall–Kier alpha value is -2.69. The predicted octanol–water partition coefficient (Wildman–Crippen LogP) is -2.57. The van der Waals surface area contributed by atoms with Crippen LogP contribution >= 0.6 is 0 Å². The standard InChI is InChI=1S/C15H27N5O6/c1-8(2)5-10(14(25)18-7-13(23)24)20-15(26)9(3-4-11(17)21)19-12(22)6-16/h8-10H,3-7,16H2,1-2H3,(H2,17,21)(H,18,25)(H,19,22)(H,20,26)(H,23,24). The Balaban J connectivity index is 5.09. The highest BCUT2D eigenvalue weighted by Crippen LogP contribution is 2.07. The molecular weight excluding hydrogens is 346 g/mol. The number of carbonyl (C=O) groups is 5. The van der Waals surface area contributed by atoms with Crippen molar-refractivity contribution < 1.29 is 29.1 Å². The average Bonchev–Trinajstić information content (AvgIpc) is 2.54. The topological polar surface area (TPSA) is 194 Å². The lowest BCUT2D eigenvalue weighted by molar-refractivity contribution is -0.138. The first-order chi connectivity index (χ1) is 12.1. The number of nitrogens with two attached hydrogens (primary N) is 2. The third-order valence-electron chi connectivity index (χ3n) is 3.27. The molecule has 0 fully saturated rings. The maximum atomic E-state index is 12.4. The van der Waals surface area contributed by atoms with Gasteiger partial charge >= 0.3 is 5.97 Å². The summed E-state index contributed by atoms with van der Waals surface area (Å²) in [6.07, 6.45) is 0.0472. The van der Waals surface area contributed by atoms with Crippen molar-refractivity contribution in [2.45, 2.75) is 45.2 Å². The molecule has 2 atom stereocenters. The van der Waals surface area contributed by atoms with Gasteiger partial charge in [-0.1, -0.05) is 13.8 Å². The maximum absolute atomic E-state index is 12.4. The summed E-state index contributed by atoms with van der Waals surface area (Å²) in [4.78, 5) is 57.5. The summed E-state index contributed by atoms with van der Waals surface area (Å²) in [5.41, 5.74) is 10.3. The quantitative estimate of drug-likeness (QED) is 0.216. The van der Waals surface area contributed by atoms with Gasteiger partial charge in [-0.3, -0.25) is 24.0 Å². The van der Waals surface area contributed by atoms with E-state index in [1.165, 1.54) is 0 Å². The number of amides is 4. The first kappa shape index (κ1) is 23.3. The van der Waals surface area contributed by atoms with E-state index in [4.69, 9.17) is 16.6 Å². The molecule has 0 bridgehead atoms. The highest BCUT2D eigenvalue weighted by Gasteiger charge is 2.27. The van der Waals surface area contributed by atoms with Gasteiger partial charge in [-0.15, -0.1) is 0 Å². The average molecular weight is 373 g/mol. The molecule has 0 aromatic carbocycles. The molecule has 0 aromatic heterocycles. The fourth-order valence-electron chi connectivity index (χ4n) is 2.07. The zero-order valence-corrected chi connectivity index (χ0v) is 14.9. The number of carboxylic acids is 1. The van der Waals surface area contributed by atoms with Gasteiger partial charge in [0.2, 0.25) is 23.6 Å². The Morgan fingerprint density at radius 3 is 2.08 bits per heavy atom. The Kier molecular flexibility index (Phi) is 10.6. The van der Waals surface area contributed by atoms with Crippen molar-refractivity contribution in [2.75, 3.05) is 13.1 Å². The molecule has 0 aliphatic carbocycles. The summed E-state index contributed by atoms with van der Waals surface area (Å²) in [5, 5.41) is 15.7. The van der Waals surface area contributed by atoms with E-state index in [2.05, 4.69) is 16.0 Å². The molecule has 0 aliphatic rings. The van der Waals surface area contributed by atoms with Gasteiger partial charge in [-0.25, -0.2) is 0 Å². The molecular formula is C15H27N5O6. The molecule has 4 amide bonds. The van der Waals surface area contributed by atoms with Gasteiger partial charge in [0.1, 0.15) is 18.6 Å². The fourth-order valence-corrected chi connectivity index (χ4v) is 2.07. The predicted molar refractivity (Wildman–Crippen MR) is 91.4 cm³/mol. The highest BCUT2D eigenvalue weighted by molar-refractivity contribution is 5.93. The molecule has 0 rings (SSSR count). The van der Waals surface area contributed by atoms with Crippen LogP contribution in [0.4, 0.5) is 0 Å². The van der Waals surface area contributed by atoms with E-state index < -0.39 is 48.2 Å². The zero-order chi connectivity index (χ0) is 20.3. The minimum absolute atomic E-state index is 0.0265. The highest BCUT2D eigenvalue weighted by atomic mass is 16.4. The molecule has 11 heteroatoms. The van der Waals surface area contributed by atoms with Crippen LogP contribution in [0.5, 0.6) is 0 Å². The van der Waals surface area contributed by atoms with Crippen LogP contribution in [0.2, 0.25) is 0 Å². The molecule has 8 N–H and O–H groups in total. The lowest BCUT2D eigenvalue weighted by atomic mass is 10.0. The van der Waals surface area contributed by atoms with Crippen LogP contribution < -0.4 is 27.4 Å². The second-order valence-corrected chi connectivity index (χ2v) is 6.13. The van der Waals surface area contributed by atoms with Crippen LogP contribution in [0.1, 0.15) is 33.1 Å². The molecule has 11 nitrogen and oxygen atoms in total. The smallest absolute Gasteiger partial charge is 0.322 e. The maximum Gasteiger partial charge on any atom is 0.322 e. The molecule has 0 spiro atoms. The molecule has 0 heterocycles. The van der Waals surface area contributed by atoms with Crippen molar-refractivity contribution >= 4 is 29.6 Å². The van der Waals surface area contributed by atoms with Crippen molar-refractivity contribution in [3.8, 4) is 0 Å². The number of primary amides is 1. The lowest BCUT2D eigenvalue weighted by Gasteiger charge is -2.23. The van der Waals surface area contributed by atoms with Crippen LogP contribution in [0, 0.1) is 5.92 Å². The molecule has 0 saturated carbocycles. The zero-order valence-electron chi connectivity index (χ0n) is 14.9. The monoisotopic (exact) mass is 373 g/mol. The van der Waals surface area contributed by atoms with E-state index in [-0.39, 0.29) is 31.7 Å². The molecule has 0 aromatic rings. The second-order valence-electron chi connectivity index (χ2n) is 6.13. The fraction of sp³-hybridized carbons (Fsp3) is 0.667. The summed E-state index contributed by atoms with van der Waals surface area (Å²) in [6, 6.07) is -2.09. The van der Waals surface area contributed by atoms with Crippen LogP contribution in [0.3, 0.4) is 0 Å². The Morgan fingerprint density at radius 2 is 1.62 bits per heavy atom. The van der Waals surface area contributed by atoms with Gasteiger partial charge in [0, 0.05) is 6.42 Å². The lowest BCUT2D eigenvalue weighted by Crippen LogP contribution is -2.55. The van der Waals surface area contributed by atoms with E-state index in [0.717, 1.165) is 0 Å². The molecule has 0 radical (unpaired) electrons. The van der Waals surface area contributed by atoms with E-state index in [1.54, 1.807) is 0 Å². The largest absolute Gasteiger partial charge is 0.480 e. The minimum atomic E-state index is -1.22. The van der Waals surface area contributed by atoms with Crippen LogP contribution in [0.25, 0.3) is 0 Å². The van der Waals surface area contributed by atoms with E-state index in [9.17, 15) is 24.0 Å². The van der Waals surface area contributed by atoms with Crippen LogP contribution in [-0.2, 0) is 24.0 Å². The van der Waals surface area contributed by atoms with Gasteiger partial charge < -0.3 is 32.5 Å². The summed E-state index contributed by atoms with van der Waals surface area (Å²) in [6.45, 7) is 2.71. The molecule has 148 valence electrons. The minimum Gasteiger partial charge on any atom is -0.480 e. The van der Waals surface area contributed by atoms with Gasteiger partial charge in [0.05, 0.1) is 6.54 Å². The summed E-state index contributed by atoms with van der Waals surface area (Å²) in [5.74, 6) is -3.80. The van der Waals surface area contributed by atoms with E-state index >= 15 is 0 Å². The van der Waals surface area contributed by atoms with Crippen molar-refractivity contribution in [1.82, 2.24) is 16.0 Å². The van der Waals surface area contributed by atoms with E-state index in [0.29, 0.717) is 0 Å². The summed E-state index contributed by atoms with van der Waals surface area (Å²) in [7, 11) is 0. The number of hydrogen-bond acceptors (Lipinski definition) is 6. The number of nitrogens with one attached hydrogen (secondary N) is 3. The van der Waals surface area contributed by atoms with Gasteiger partial charge in [0.25, 0.3) is 0 Å². The van der Waals surface area contributed by atoms with Crippen LogP contribution in [-0.4, -0.2) is 59.9 Å². The number of carbonyl (C=O) groups excluding carboxylic acids is 4. The molecule has 2 unspecified atom stereocenters. The molecule has 0 aliphatic heterocycles. The Labute approximate surface area is 151 Å². The number of carboxylic acid groups (broad SMARTS) is 1.